The minimum Gasteiger partial charge on any atom is -0.494 e. The van der Waals surface area contributed by atoms with E-state index in [-0.39, 0.29) is 39.8 Å². The number of nitriles is 1. The van der Waals surface area contributed by atoms with Crippen molar-refractivity contribution in [2.75, 3.05) is 32.4 Å². The Kier molecular flexibility index (Phi) is 4.91. The molecule has 0 aliphatic rings. The summed E-state index contributed by atoms with van der Waals surface area (Å²) in [6.45, 7) is -2.18. The summed E-state index contributed by atoms with van der Waals surface area (Å²) >= 11 is 0. The van der Waals surface area contributed by atoms with Gasteiger partial charge in [-0.1, -0.05) is 6.08 Å². The lowest BCUT2D eigenvalue weighted by Gasteiger charge is -2.15. The van der Waals surface area contributed by atoms with Crippen LogP contribution in [0.3, 0.4) is 0 Å². The molecule has 1 heterocycles. The molecule has 0 saturated heterocycles. The SMILES string of the molecule is [2H]c1nc2c([2H])c(OC([2H])([2H])C)c(CC(=O)/C=C/CN(C)C([2H])([2H])[2H])c([2H])c2c(Nc2ccc(F)c(C)c2)c1C#N. The molecular weight excluding hydrogens is 419 g/mol. The zero-order valence-corrected chi connectivity index (χ0v) is 18.3. The molecule has 33 heavy (non-hydrogen) atoms. The zero-order valence-electron chi connectivity index (χ0n) is 26.3. The molecule has 0 unspecified atom stereocenters. The van der Waals surface area contributed by atoms with Gasteiger partial charge in [-0.05, 0) is 63.8 Å². The molecule has 0 aliphatic carbocycles. The number of carbonyl (C=O) groups excluding carboxylic acids is 1. The van der Waals surface area contributed by atoms with E-state index in [4.69, 9.17) is 15.7 Å². The van der Waals surface area contributed by atoms with Crippen LogP contribution in [0.25, 0.3) is 10.9 Å². The molecule has 0 bridgehead atoms. The molecule has 0 amide bonds. The van der Waals surface area contributed by atoms with Gasteiger partial charge in [-0.15, -0.1) is 0 Å². The number of fused-ring (bicyclic) bond motifs is 1. The summed E-state index contributed by atoms with van der Waals surface area (Å²) in [5, 5.41) is 12.6. The number of pyridine rings is 1. The van der Waals surface area contributed by atoms with Gasteiger partial charge in [0.25, 0.3) is 0 Å². The summed E-state index contributed by atoms with van der Waals surface area (Å²) in [5.74, 6) is -1.50. The predicted molar refractivity (Wildman–Crippen MR) is 128 cm³/mol. The molecule has 0 aliphatic heterocycles. The number of ether oxygens (including phenoxy) is 1. The highest BCUT2D eigenvalue weighted by Crippen LogP contribution is 2.34. The maximum absolute atomic E-state index is 13.9. The number of benzene rings is 2. The van der Waals surface area contributed by atoms with Gasteiger partial charge in [0.15, 0.2) is 5.78 Å². The van der Waals surface area contributed by atoms with Crippen LogP contribution in [0.4, 0.5) is 15.8 Å². The number of anilines is 2. The van der Waals surface area contributed by atoms with E-state index in [1.54, 1.807) is 0 Å². The highest BCUT2D eigenvalue weighted by molar-refractivity contribution is 5.98. The molecule has 2 aromatic carbocycles. The normalized spacial score (nSPS) is 15.5. The number of aromatic nitrogens is 1. The number of likely N-dealkylation sites (N-methyl/N-ethyl adjacent to an activating group) is 1. The maximum Gasteiger partial charge on any atom is 0.159 e. The zero-order chi connectivity index (χ0) is 30.9. The number of aryl methyl sites for hydroxylation is 1. The van der Waals surface area contributed by atoms with Crippen molar-refractivity contribution in [2.24, 2.45) is 0 Å². The third-order valence-electron chi connectivity index (χ3n) is 4.58. The van der Waals surface area contributed by atoms with Crippen LogP contribution >= 0.6 is 0 Å². The minimum atomic E-state index is -2.37. The topological polar surface area (TPSA) is 78.2 Å². The molecule has 0 fully saturated rings. The van der Waals surface area contributed by atoms with Crippen molar-refractivity contribution in [3.8, 4) is 11.8 Å². The quantitative estimate of drug-likeness (QED) is 0.462. The average Bonchev–Trinajstić information content (AvgIpc) is 2.85. The largest absolute Gasteiger partial charge is 0.494 e. The van der Waals surface area contributed by atoms with E-state index in [0.717, 1.165) is 17.9 Å². The Morgan fingerprint density at radius 3 is 3.00 bits per heavy atom. The van der Waals surface area contributed by atoms with E-state index >= 15 is 0 Å². The van der Waals surface area contributed by atoms with Crippen LogP contribution in [0.15, 0.2) is 48.6 Å². The Labute approximate surface area is 204 Å². The Morgan fingerprint density at radius 2 is 2.30 bits per heavy atom. The Bertz CT molecular complexity index is 1580. The van der Waals surface area contributed by atoms with E-state index in [9.17, 15) is 14.4 Å². The molecular formula is C26H27FN4O2. The fourth-order valence-electron chi connectivity index (χ4n) is 3.03. The van der Waals surface area contributed by atoms with Crippen molar-refractivity contribution < 1.29 is 24.9 Å². The van der Waals surface area contributed by atoms with Crippen LogP contribution in [0, 0.1) is 24.1 Å². The average molecular weight is 455 g/mol. The van der Waals surface area contributed by atoms with E-state index in [0.29, 0.717) is 5.69 Å². The summed E-state index contributed by atoms with van der Waals surface area (Å²) in [5.41, 5.74) is -0.145. The van der Waals surface area contributed by atoms with Gasteiger partial charge in [-0.25, -0.2) is 4.39 Å². The van der Waals surface area contributed by atoms with Gasteiger partial charge in [0.2, 0.25) is 0 Å². The van der Waals surface area contributed by atoms with Gasteiger partial charge in [-0.3, -0.25) is 9.78 Å². The highest BCUT2D eigenvalue weighted by Gasteiger charge is 2.16. The third-order valence-corrected chi connectivity index (χ3v) is 4.58. The van der Waals surface area contributed by atoms with Crippen molar-refractivity contribution in [3.63, 3.8) is 0 Å². The van der Waals surface area contributed by atoms with Crippen LogP contribution in [-0.2, 0) is 11.2 Å². The lowest BCUT2D eigenvalue weighted by molar-refractivity contribution is -0.114. The van der Waals surface area contributed by atoms with Crippen LogP contribution in [0.2, 0.25) is 0 Å². The predicted octanol–water partition coefficient (Wildman–Crippen LogP) is 4.93. The second-order valence-corrected chi connectivity index (χ2v) is 7.19. The minimum absolute atomic E-state index is 0.0680. The van der Waals surface area contributed by atoms with Crippen molar-refractivity contribution in [1.82, 2.24) is 9.88 Å². The van der Waals surface area contributed by atoms with E-state index < -0.39 is 55.6 Å². The van der Waals surface area contributed by atoms with Gasteiger partial charge in [0, 0.05) is 45.9 Å². The molecule has 0 atom stereocenters. The summed E-state index contributed by atoms with van der Waals surface area (Å²) in [4.78, 5) is 18.0. The summed E-state index contributed by atoms with van der Waals surface area (Å²) in [6.07, 6.45) is 1.39. The summed E-state index contributed by atoms with van der Waals surface area (Å²) in [7, 11) is 1.35. The molecule has 170 valence electrons. The molecule has 1 aromatic heterocycles. The van der Waals surface area contributed by atoms with Crippen LogP contribution < -0.4 is 10.1 Å². The first-order valence-electron chi connectivity index (χ1n) is 13.9. The van der Waals surface area contributed by atoms with E-state index in [1.165, 1.54) is 38.2 Å². The molecule has 6 nitrogen and oxygen atoms in total. The number of carbonyl (C=O) groups is 1. The van der Waals surface area contributed by atoms with Gasteiger partial charge in [0.1, 0.15) is 17.6 Å². The first-order chi connectivity index (χ1) is 18.9. The number of nitrogens with zero attached hydrogens (tertiary/aromatic N) is 3. The van der Waals surface area contributed by atoms with Crippen molar-refractivity contribution in [2.45, 2.75) is 20.3 Å². The molecule has 1 N–H and O–H groups in total. The number of ketones is 1. The number of allylic oxidation sites excluding steroid dienone is 1. The Morgan fingerprint density at radius 1 is 1.48 bits per heavy atom. The standard InChI is InChI=1S/C26H27FN4O2/c1-5-33-25-14-24-22(13-18(25)12-21(32)7-6-10-31(3)4)26(19(15-28)16-29-24)30-20-8-9-23(27)17(2)11-20/h6-9,11,13-14,16H,5,10,12H2,1-4H3,(H,29,30)/b7-6+/i3D3,5D2,13D,14D,16D. The number of rotatable bonds is 9. The monoisotopic (exact) mass is 454 g/mol. The van der Waals surface area contributed by atoms with Gasteiger partial charge in [-0.2, -0.15) is 5.26 Å². The molecule has 7 heteroatoms. The first kappa shape index (κ1) is 15.1. The molecule has 3 aromatic rings. The van der Waals surface area contributed by atoms with E-state index in [1.807, 2.05) is 6.07 Å². The lowest BCUT2D eigenvalue weighted by atomic mass is 10.0. The van der Waals surface area contributed by atoms with Crippen LogP contribution in [0.5, 0.6) is 5.75 Å². The smallest absolute Gasteiger partial charge is 0.159 e. The fraction of sp³-hybridized carbons (Fsp3) is 0.269. The summed E-state index contributed by atoms with van der Waals surface area (Å²) < 4.78 is 83.2. The Hall–Kier alpha value is -3.76. The van der Waals surface area contributed by atoms with Crippen molar-refractivity contribution in [1.29, 1.82) is 5.26 Å². The lowest BCUT2D eigenvalue weighted by Crippen LogP contribution is -2.11. The maximum atomic E-state index is 13.9. The van der Waals surface area contributed by atoms with Crippen molar-refractivity contribution >= 4 is 28.1 Å². The third kappa shape index (κ3) is 5.93. The Balaban J connectivity index is 2.24. The number of hydrogen-bond donors (Lipinski definition) is 1. The number of halogens is 1. The van der Waals surface area contributed by atoms with Crippen LogP contribution in [-0.4, -0.2) is 42.8 Å². The van der Waals surface area contributed by atoms with Crippen LogP contribution in [0.1, 0.15) is 34.6 Å². The van der Waals surface area contributed by atoms with E-state index in [2.05, 4.69) is 10.3 Å². The van der Waals surface area contributed by atoms with Gasteiger partial charge < -0.3 is 15.0 Å². The summed E-state index contributed by atoms with van der Waals surface area (Å²) in [6, 6.07) is 4.99. The van der Waals surface area contributed by atoms with Gasteiger partial charge >= 0.3 is 0 Å². The van der Waals surface area contributed by atoms with Crippen molar-refractivity contribution in [3.05, 3.63) is 71.1 Å². The second-order valence-electron chi connectivity index (χ2n) is 7.19. The molecule has 0 radical (unpaired) electrons. The number of nitrogens with one attached hydrogen (secondary N) is 1. The first-order valence-corrected chi connectivity index (χ1v) is 9.93. The molecule has 3 rings (SSSR count). The second kappa shape index (κ2) is 10.7. The fourth-order valence-corrected chi connectivity index (χ4v) is 3.03. The van der Waals surface area contributed by atoms with Gasteiger partial charge in [0.05, 0.1) is 30.2 Å². The number of hydrogen-bond acceptors (Lipinski definition) is 6. The highest BCUT2D eigenvalue weighted by atomic mass is 19.1. The molecule has 0 saturated carbocycles. The molecule has 0 spiro atoms.